The number of nitrogens with zero attached hydrogens (tertiary/aromatic N) is 1. The Kier molecular flexibility index (Phi) is 9.90. The highest BCUT2D eigenvalue weighted by atomic mass is 127. The van der Waals surface area contributed by atoms with Crippen molar-refractivity contribution in [1.29, 1.82) is 0 Å². The van der Waals surface area contributed by atoms with Crippen molar-refractivity contribution in [2.45, 2.75) is 52.4 Å². The van der Waals surface area contributed by atoms with Crippen LogP contribution in [0.4, 0.5) is 0 Å². The summed E-state index contributed by atoms with van der Waals surface area (Å²) in [5.74, 6) is 2.95. The van der Waals surface area contributed by atoms with E-state index in [2.05, 4.69) is 29.8 Å². The third kappa shape index (κ3) is 8.22. The third-order valence-electron chi connectivity index (χ3n) is 4.56. The number of guanidine groups is 1. The van der Waals surface area contributed by atoms with Gasteiger partial charge in [-0.2, -0.15) is 0 Å². The van der Waals surface area contributed by atoms with Gasteiger partial charge in [0.1, 0.15) is 0 Å². The molecule has 134 valence electrons. The van der Waals surface area contributed by atoms with Gasteiger partial charge in [-0.1, -0.05) is 19.8 Å². The van der Waals surface area contributed by atoms with Crippen molar-refractivity contribution in [3.8, 4) is 0 Å². The smallest absolute Gasteiger partial charge is 0.223 e. The topological polar surface area (TPSA) is 65.5 Å². The predicted molar refractivity (Wildman–Crippen MR) is 106 cm³/mol. The molecule has 0 spiro atoms. The lowest BCUT2D eigenvalue weighted by molar-refractivity contribution is -0.122. The first-order valence-electron chi connectivity index (χ1n) is 8.99. The average Bonchev–Trinajstić information content (AvgIpc) is 3.33. The highest BCUT2D eigenvalue weighted by Crippen LogP contribution is 2.29. The normalized spacial score (nSPS) is 24.5. The Bertz CT molecular complexity index is 385. The van der Waals surface area contributed by atoms with Crippen molar-refractivity contribution in [2.24, 2.45) is 22.7 Å². The van der Waals surface area contributed by atoms with Gasteiger partial charge < -0.3 is 16.0 Å². The van der Waals surface area contributed by atoms with Gasteiger partial charge in [0.25, 0.3) is 0 Å². The zero-order valence-electron chi connectivity index (χ0n) is 14.6. The van der Waals surface area contributed by atoms with E-state index in [1.54, 1.807) is 0 Å². The molecule has 23 heavy (non-hydrogen) atoms. The van der Waals surface area contributed by atoms with Crippen LogP contribution in [-0.4, -0.2) is 38.0 Å². The maximum Gasteiger partial charge on any atom is 0.223 e. The molecule has 0 heterocycles. The van der Waals surface area contributed by atoms with Gasteiger partial charge >= 0.3 is 0 Å². The first kappa shape index (κ1) is 20.5. The first-order chi connectivity index (χ1) is 10.7. The molecule has 0 aromatic heterocycles. The fraction of sp³-hybridized carbons (Fsp3) is 0.882. The number of halogens is 1. The molecular formula is C17H33IN4O. The number of carbonyl (C=O) groups is 1. The van der Waals surface area contributed by atoms with Crippen LogP contribution in [0.5, 0.6) is 0 Å². The third-order valence-corrected chi connectivity index (χ3v) is 4.56. The molecule has 2 rings (SSSR count). The Morgan fingerprint density at radius 2 is 1.83 bits per heavy atom. The largest absolute Gasteiger partial charge is 0.357 e. The molecular weight excluding hydrogens is 403 g/mol. The van der Waals surface area contributed by atoms with Gasteiger partial charge in [0, 0.05) is 32.1 Å². The van der Waals surface area contributed by atoms with E-state index in [0.717, 1.165) is 50.3 Å². The van der Waals surface area contributed by atoms with Crippen LogP contribution in [0.25, 0.3) is 0 Å². The standard InChI is InChI=1S/C17H32N4O.HI/c1-3-18-17(20-10-9-19-16(22)15-7-8-15)21-12-14-6-4-5-13(2)11-14;/h13-15H,3-12H2,1-2H3,(H,19,22)(H2,18,20,21);1H. The predicted octanol–water partition coefficient (Wildman–Crippen LogP) is 2.51. The minimum absolute atomic E-state index is 0. The van der Waals surface area contributed by atoms with Gasteiger partial charge in [-0.25, -0.2) is 0 Å². The van der Waals surface area contributed by atoms with Crippen LogP contribution in [0.1, 0.15) is 52.4 Å². The molecule has 3 N–H and O–H groups in total. The lowest BCUT2D eigenvalue weighted by atomic mass is 9.82. The van der Waals surface area contributed by atoms with Gasteiger partial charge in [0.2, 0.25) is 5.91 Å². The number of nitrogens with one attached hydrogen (secondary N) is 3. The van der Waals surface area contributed by atoms with E-state index in [1.165, 1.54) is 25.7 Å². The van der Waals surface area contributed by atoms with E-state index >= 15 is 0 Å². The number of aliphatic imine (C=N–C) groups is 1. The first-order valence-corrected chi connectivity index (χ1v) is 8.99. The van der Waals surface area contributed by atoms with E-state index in [-0.39, 0.29) is 35.8 Å². The summed E-state index contributed by atoms with van der Waals surface area (Å²) in [7, 11) is 0. The molecule has 2 atom stereocenters. The Labute approximate surface area is 157 Å². The van der Waals surface area contributed by atoms with Crippen molar-refractivity contribution in [1.82, 2.24) is 16.0 Å². The summed E-state index contributed by atoms with van der Waals surface area (Å²) in [6.45, 7) is 7.59. The summed E-state index contributed by atoms with van der Waals surface area (Å²) < 4.78 is 0. The van der Waals surface area contributed by atoms with Crippen molar-refractivity contribution >= 4 is 35.8 Å². The van der Waals surface area contributed by atoms with E-state index in [1.807, 2.05) is 0 Å². The van der Waals surface area contributed by atoms with Crippen LogP contribution in [0.2, 0.25) is 0 Å². The molecule has 6 heteroatoms. The SMILES string of the molecule is CCNC(=NCC1CCCC(C)C1)NCCNC(=O)C1CC1.I. The van der Waals surface area contributed by atoms with Crippen LogP contribution in [0.15, 0.2) is 4.99 Å². The fourth-order valence-corrected chi connectivity index (χ4v) is 3.14. The molecule has 2 saturated carbocycles. The van der Waals surface area contributed by atoms with E-state index in [4.69, 9.17) is 4.99 Å². The minimum atomic E-state index is 0. The van der Waals surface area contributed by atoms with Crippen LogP contribution < -0.4 is 16.0 Å². The molecule has 2 unspecified atom stereocenters. The number of hydrogen-bond acceptors (Lipinski definition) is 2. The second kappa shape index (κ2) is 11.1. The molecule has 2 aliphatic carbocycles. The second-order valence-corrected chi connectivity index (χ2v) is 6.85. The number of carbonyl (C=O) groups excluding carboxylic acids is 1. The molecule has 0 aliphatic heterocycles. The monoisotopic (exact) mass is 436 g/mol. The van der Waals surface area contributed by atoms with Gasteiger partial charge in [-0.15, -0.1) is 24.0 Å². The Hall–Kier alpha value is -0.530. The maximum absolute atomic E-state index is 11.6. The zero-order chi connectivity index (χ0) is 15.8. The van der Waals surface area contributed by atoms with Crippen molar-refractivity contribution in [2.75, 3.05) is 26.2 Å². The lowest BCUT2D eigenvalue weighted by Crippen LogP contribution is -2.42. The Morgan fingerprint density at radius 3 is 2.48 bits per heavy atom. The fourth-order valence-electron chi connectivity index (χ4n) is 3.14. The lowest BCUT2D eigenvalue weighted by Gasteiger charge is -2.25. The highest BCUT2D eigenvalue weighted by molar-refractivity contribution is 14.0. The van der Waals surface area contributed by atoms with Crippen molar-refractivity contribution in [3.63, 3.8) is 0 Å². The quantitative estimate of drug-likeness (QED) is 0.249. The van der Waals surface area contributed by atoms with E-state index in [0.29, 0.717) is 6.54 Å². The highest BCUT2D eigenvalue weighted by Gasteiger charge is 2.28. The molecule has 5 nitrogen and oxygen atoms in total. The number of hydrogen-bond donors (Lipinski definition) is 3. The molecule has 2 fully saturated rings. The molecule has 0 saturated heterocycles. The molecule has 1 amide bonds. The average molecular weight is 436 g/mol. The summed E-state index contributed by atoms with van der Waals surface area (Å²) in [6, 6.07) is 0. The Morgan fingerprint density at radius 1 is 1.09 bits per heavy atom. The summed E-state index contributed by atoms with van der Waals surface area (Å²) in [4.78, 5) is 16.3. The summed E-state index contributed by atoms with van der Waals surface area (Å²) in [6.07, 6.45) is 7.45. The molecule has 0 aromatic carbocycles. The number of amides is 1. The molecule has 0 radical (unpaired) electrons. The van der Waals surface area contributed by atoms with Crippen LogP contribution in [0, 0.1) is 17.8 Å². The summed E-state index contributed by atoms with van der Waals surface area (Å²) in [5, 5.41) is 9.56. The van der Waals surface area contributed by atoms with Gasteiger partial charge in [0.05, 0.1) is 0 Å². The van der Waals surface area contributed by atoms with Crippen LogP contribution in [0.3, 0.4) is 0 Å². The van der Waals surface area contributed by atoms with Crippen LogP contribution in [-0.2, 0) is 4.79 Å². The van der Waals surface area contributed by atoms with Crippen molar-refractivity contribution in [3.05, 3.63) is 0 Å². The molecule has 0 bridgehead atoms. The van der Waals surface area contributed by atoms with Gasteiger partial charge in [-0.05, 0) is 44.4 Å². The van der Waals surface area contributed by atoms with Crippen molar-refractivity contribution < 1.29 is 4.79 Å². The number of rotatable bonds is 7. The molecule has 2 aliphatic rings. The Balaban J connectivity index is 0.00000264. The second-order valence-electron chi connectivity index (χ2n) is 6.85. The maximum atomic E-state index is 11.6. The summed E-state index contributed by atoms with van der Waals surface area (Å²) >= 11 is 0. The zero-order valence-corrected chi connectivity index (χ0v) is 16.9. The van der Waals surface area contributed by atoms with Gasteiger partial charge in [0.15, 0.2) is 5.96 Å². The molecule has 0 aromatic rings. The van der Waals surface area contributed by atoms with Gasteiger partial charge in [-0.3, -0.25) is 9.79 Å². The summed E-state index contributed by atoms with van der Waals surface area (Å²) in [5.41, 5.74) is 0. The van der Waals surface area contributed by atoms with Crippen LogP contribution >= 0.6 is 24.0 Å². The van der Waals surface area contributed by atoms with E-state index < -0.39 is 0 Å². The minimum Gasteiger partial charge on any atom is -0.357 e. The van der Waals surface area contributed by atoms with E-state index in [9.17, 15) is 4.79 Å².